The van der Waals surface area contributed by atoms with Gasteiger partial charge in [-0.2, -0.15) is 14.9 Å². The topological polar surface area (TPSA) is 73.7 Å². The molecule has 140 valence electrons. The van der Waals surface area contributed by atoms with Gasteiger partial charge in [0, 0.05) is 17.2 Å². The quantitative estimate of drug-likeness (QED) is 0.493. The maximum Gasteiger partial charge on any atom is 0.216 e. The Balaban J connectivity index is 2.07. The number of ether oxygens (including phenoxy) is 3. The highest BCUT2D eigenvalue weighted by Gasteiger charge is 2.13. The summed E-state index contributed by atoms with van der Waals surface area (Å²) in [7, 11) is 4.69. The molecular formula is C18H17ClN4O3S. The van der Waals surface area contributed by atoms with Crippen LogP contribution in [0.2, 0.25) is 5.02 Å². The van der Waals surface area contributed by atoms with Crippen molar-refractivity contribution in [3.63, 3.8) is 0 Å². The fourth-order valence-corrected chi connectivity index (χ4v) is 2.89. The summed E-state index contributed by atoms with van der Waals surface area (Å²) in [5, 5.41) is 12.0. The van der Waals surface area contributed by atoms with Gasteiger partial charge in [-0.1, -0.05) is 23.7 Å². The molecule has 3 rings (SSSR count). The van der Waals surface area contributed by atoms with E-state index in [0.29, 0.717) is 44.0 Å². The average Bonchev–Trinajstić information content (AvgIpc) is 3.06. The molecule has 1 heterocycles. The molecule has 0 amide bonds. The monoisotopic (exact) mass is 404 g/mol. The van der Waals surface area contributed by atoms with Gasteiger partial charge in [0.25, 0.3) is 0 Å². The second kappa shape index (κ2) is 8.24. The average molecular weight is 405 g/mol. The molecule has 7 nitrogen and oxygen atoms in total. The Morgan fingerprint density at radius 3 is 2.41 bits per heavy atom. The van der Waals surface area contributed by atoms with Crippen molar-refractivity contribution < 1.29 is 14.2 Å². The lowest BCUT2D eigenvalue weighted by Crippen LogP contribution is -1.99. The van der Waals surface area contributed by atoms with Crippen LogP contribution in [0, 0.1) is 4.77 Å². The zero-order valence-corrected chi connectivity index (χ0v) is 16.5. The molecular weight excluding hydrogens is 388 g/mol. The molecule has 1 N–H and O–H groups in total. The van der Waals surface area contributed by atoms with Crippen molar-refractivity contribution in [3.05, 3.63) is 51.8 Å². The Kier molecular flexibility index (Phi) is 5.78. The van der Waals surface area contributed by atoms with Crippen molar-refractivity contribution >= 4 is 30.0 Å². The van der Waals surface area contributed by atoms with E-state index in [1.807, 2.05) is 18.2 Å². The van der Waals surface area contributed by atoms with E-state index in [1.165, 1.54) is 4.68 Å². The minimum absolute atomic E-state index is 0.334. The first-order chi connectivity index (χ1) is 13.1. The molecule has 3 aromatic rings. The molecule has 0 unspecified atom stereocenters. The van der Waals surface area contributed by atoms with E-state index in [2.05, 4.69) is 15.3 Å². The van der Waals surface area contributed by atoms with E-state index in [4.69, 9.17) is 38.0 Å². The van der Waals surface area contributed by atoms with E-state index < -0.39 is 0 Å². The zero-order chi connectivity index (χ0) is 19.4. The Bertz CT molecular complexity index is 1050. The number of nitrogens with zero attached hydrogens (tertiary/aromatic N) is 3. The minimum atomic E-state index is 0.334. The lowest BCUT2D eigenvalue weighted by atomic mass is 10.2. The lowest BCUT2D eigenvalue weighted by Gasteiger charge is -2.11. The maximum atomic E-state index is 6.27. The summed E-state index contributed by atoms with van der Waals surface area (Å²) in [6, 6.07) is 10.8. The fourth-order valence-electron chi connectivity index (χ4n) is 2.49. The molecule has 0 aliphatic heterocycles. The van der Waals surface area contributed by atoms with Crippen molar-refractivity contribution in [1.82, 2.24) is 14.9 Å². The highest BCUT2D eigenvalue weighted by Crippen LogP contribution is 2.34. The molecule has 0 fully saturated rings. The molecule has 0 radical (unpaired) electrons. The van der Waals surface area contributed by atoms with E-state index >= 15 is 0 Å². The van der Waals surface area contributed by atoms with Crippen LogP contribution in [0.3, 0.4) is 0 Å². The number of benzene rings is 2. The molecule has 9 heteroatoms. The number of rotatable bonds is 6. The van der Waals surface area contributed by atoms with E-state index in [1.54, 1.807) is 45.7 Å². The summed E-state index contributed by atoms with van der Waals surface area (Å²) in [6.45, 7) is 0. The lowest BCUT2D eigenvalue weighted by molar-refractivity contribution is 0.349. The first kappa shape index (κ1) is 18.9. The second-order valence-corrected chi connectivity index (χ2v) is 6.13. The Morgan fingerprint density at radius 2 is 1.74 bits per heavy atom. The summed E-state index contributed by atoms with van der Waals surface area (Å²) in [4.78, 5) is 0. The summed E-state index contributed by atoms with van der Waals surface area (Å²) in [5.41, 5.74) is 1.39. The van der Waals surface area contributed by atoms with E-state index in [9.17, 15) is 0 Å². The van der Waals surface area contributed by atoms with Crippen LogP contribution >= 0.6 is 23.8 Å². The number of halogens is 1. The van der Waals surface area contributed by atoms with Gasteiger partial charge in [0.15, 0.2) is 17.3 Å². The van der Waals surface area contributed by atoms with Gasteiger partial charge in [-0.15, -0.1) is 0 Å². The van der Waals surface area contributed by atoms with Gasteiger partial charge < -0.3 is 14.2 Å². The molecule has 0 aliphatic rings. The Morgan fingerprint density at radius 1 is 1.07 bits per heavy atom. The molecule has 0 aliphatic carbocycles. The van der Waals surface area contributed by atoms with E-state index in [0.717, 1.165) is 0 Å². The summed E-state index contributed by atoms with van der Waals surface area (Å²) < 4.78 is 17.9. The third-order valence-electron chi connectivity index (χ3n) is 3.81. The molecule has 1 aromatic heterocycles. The maximum absolute atomic E-state index is 6.27. The number of hydrogen-bond donors (Lipinski definition) is 1. The van der Waals surface area contributed by atoms with Crippen LogP contribution in [0.4, 0.5) is 0 Å². The smallest absolute Gasteiger partial charge is 0.216 e. The van der Waals surface area contributed by atoms with Crippen LogP contribution in [0.25, 0.3) is 11.4 Å². The number of methoxy groups -OCH3 is 3. The molecule has 0 atom stereocenters. The third-order valence-corrected chi connectivity index (χ3v) is 4.41. The normalized spacial score (nSPS) is 11.0. The van der Waals surface area contributed by atoms with E-state index in [-0.39, 0.29) is 0 Å². The number of nitrogens with one attached hydrogen (secondary N) is 1. The van der Waals surface area contributed by atoms with Crippen molar-refractivity contribution in [1.29, 1.82) is 0 Å². The summed E-state index contributed by atoms with van der Waals surface area (Å²) in [5.74, 6) is 2.19. The molecule has 2 aromatic carbocycles. The molecule has 0 saturated heterocycles. The summed E-state index contributed by atoms with van der Waals surface area (Å²) in [6.07, 6.45) is 1.60. The van der Waals surface area contributed by atoms with Crippen LogP contribution in [-0.4, -0.2) is 42.4 Å². The van der Waals surface area contributed by atoms with Gasteiger partial charge in [0.1, 0.15) is 5.75 Å². The van der Waals surface area contributed by atoms with Crippen molar-refractivity contribution in [3.8, 4) is 28.6 Å². The van der Waals surface area contributed by atoms with Crippen LogP contribution in [0.15, 0.2) is 41.5 Å². The minimum Gasteiger partial charge on any atom is -0.496 e. The molecule has 0 spiro atoms. The number of H-pyrrole nitrogens is 1. The Labute approximate surface area is 166 Å². The third kappa shape index (κ3) is 3.81. The van der Waals surface area contributed by atoms with Gasteiger partial charge in [0.2, 0.25) is 4.77 Å². The van der Waals surface area contributed by atoms with Gasteiger partial charge in [0.05, 0.1) is 32.6 Å². The van der Waals surface area contributed by atoms with Crippen molar-refractivity contribution in [2.24, 2.45) is 5.10 Å². The largest absolute Gasteiger partial charge is 0.496 e. The SMILES string of the molecule is COc1cc(OC)c(OC)cc1/C=N/n1c(-c2ccccc2Cl)n[nH]c1=S. The fraction of sp³-hybridized carbons (Fsp3) is 0.167. The zero-order valence-electron chi connectivity index (χ0n) is 14.9. The predicted molar refractivity (Wildman–Crippen MR) is 107 cm³/mol. The summed E-state index contributed by atoms with van der Waals surface area (Å²) >= 11 is 11.6. The van der Waals surface area contributed by atoms with Gasteiger partial charge in [-0.25, -0.2) is 5.10 Å². The number of aromatic amines is 1. The first-order valence-electron chi connectivity index (χ1n) is 7.85. The van der Waals surface area contributed by atoms with Crippen LogP contribution in [-0.2, 0) is 0 Å². The highest BCUT2D eigenvalue weighted by atomic mass is 35.5. The van der Waals surface area contributed by atoms with Gasteiger partial charge in [-0.05, 0) is 30.4 Å². The molecule has 0 saturated carbocycles. The van der Waals surface area contributed by atoms with Gasteiger partial charge >= 0.3 is 0 Å². The van der Waals surface area contributed by atoms with Gasteiger partial charge in [-0.3, -0.25) is 0 Å². The molecule has 27 heavy (non-hydrogen) atoms. The Hall–Kier alpha value is -2.84. The van der Waals surface area contributed by atoms with Crippen LogP contribution < -0.4 is 14.2 Å². The van der Waals surface area contributed by atoms with Crippen molar-refractivity contribution in [2.45, 2.75) is 0 Å². The second-order valence-electron chi connectivity index (χ2n) is 5.34. The van der Waals surface area contributed by atoms with Crippen LogP contribution in [0.1, 0.15) is 5.56 Å². The molecule has 0 bridgehead atoms. The highest BCUT2D eigenvalue weighted by molar-refractivity contribution is 7.71. The number of hydrogen-bond acceptors (Lipinski definition) is 6. The van der Waals surface area contributed by atoms with Crippen molar-refractivity contribution in [2.75, 3.05) is 21.3 Å². The standard InChI is InChI=1S/C18H17ClN4O3S/c1-24-14-9-16(26-3)15(25-2)8-11(14)10-20-23-17(21-22-18(23)27)12-6-4-5-7-13(12)19/h4-10H,1-3H3,(H,22,27)/b20-10+. The first-order valence-corrected chi connectivity index (χ1v) is 8.64. The van der Waals surface area contributed by atoms with Crippen LogP contribution in [0.5, 0.6) is 17.2 Å². The number of aromatic nitrogens is 3. The predicted octanol–water partition coefficient (Wildman–Crippen LogP) is 4.17.